The van der Waals surface area contributed by atoms with E-state index in [0.717, 1.165) is 12.3 Å². The van der Waals surface area contributed by atoms with E-state index >= 15 is 0 Å². The minimum Gasteiger partial charge on any atom is -0.407 e. The number of nitrogens with zero attached hydrogens (tertiary/aromatic N) is 3. The fraction of sp³-hybridized carbons (Fsp3) is 0.778. The Hall–Kier alpha value is -0.750. The van der Waals surface area contributed by atoms with Crippen LogP contribution in [0.1, 0.15) is 19.7 Å². The Morgan fingerprint density at radius 1 is 1.53 bits per heavy atom. The van der Waals surface area contributed by atoms with Gasteiger partial charge in [-0.3, -0.25) is 0 Å². The summed E-state index contributed by atoms with van der Waals surface area (Å²) in [5.74, 6) is 1.61. The summed E-state index contributed by atoms with van der Waals surface area (Å²) >= 11 is 1.98. The van der Waals surface area contributed by atoms with E-state index in [4.69, 9.17) is 10.2 Å². The molecule has 0 radical (unpaired) electrons. The fourth-order valence-electron chi connectivity index (χ4n) is 1.65. The Balaban J connectivity index is 2.14. The van der Waals surface area contributed by atoms with E-state index < -0.39 is 0 Å². The van der Waals surface area contributed by atoms with E-state index in [1.165, 1.54) is 0 Å². The van der Waals surface area contributed by atoms with Crippen molar-refractivity contribution < 1.29 is 4.42 Å². The number of aromatic nitrogens is 2. The first-order chi connectivity index (χ1) is 7.22. The van der Waals surface area contributed by atoms with Crippen LogP contribution >= 0.6 is 11.8 Å². The Bertz CT molecular complexity index is 330. The second-order valence-corrected chi connectivity index (χ2v) is 5.18. The molecule has 0 amide bonds. The molecule has 0 bridgehead atoms. The zero-order chi connectivity index (χ0) is 10.8. The number of nitrogens with two attached hydrogens (primary N) is 1. The van der Waals surface area contributed by atoms with Gasteiger partial charge in [-0.2, -0.15) is 11.8 Å². The lowest BCUT2D eigenvalue weighted by Crippen LogP contribution is -2.44. The number of thioether (sulfide) groups is 1. The molecule has 1 aromatic heterocycles. The smallest absolute Gasteiger partial charge is 0.318 e. The van der Waals surface area contributed by atoms with Gasteiger partial charge in [0.25, 0.3) is 0 Å². The molecule has 2 unspecified atom stereocenters. The van der Waals surface area contributed by atoms with Gasteiger partial charge in [-0.05, 0) is 6.92 Å². The molecule has 6 heteroatoms. The molecular weight excluding hydrogens is 212 g/mol. The number of anilines is 1. The van der Waals surface area contributed by atoms with Gasteiger partial charge in [0.1, 0.15) is 0 Å². The van der Waals surface area contributed by atoms with Crippen LogP contribution in [0.2, 0.25) is 0 Å². The highest BCUT2D eigenvalue weighted by Gasteiger charge is 2.28. The molecule has 1 aliphatic heterocycles. The maximum atomic E-state index is 5.46. The average molecular weight is 228 g/mol. The van der Waals surface area contributed by atoms with Crippen LogP contribution in [-0.4, -0.2) is 33.8 Å². The van der Waals surface area contributed by atoms with Gasteiger partial charge >= 0.3 is 6.01 Å². The third kappa shape index (κ3) is 2.10. The number of hydrogen-bond donors (Lipinski definition) is 1. The van der Waals surface area contributed by atoms with Crippen LogP contribution in [0.5, 0.6) is 0 Å². The van der Waals surface area contributed by atoms with Gasteiger partial charge in [0, 0.05) is 23.6 Å². The van der Waals surface area contributed by atoms with Crippen molar-refractivity contribution in [2.75, 3.05) is 17.2 Å². The summed E-state index contributed by atoms with van der Waals surface area (Å²) in [6, 6.07) is 1.03. The molecule has 84 valence electrons. The van der Waals surface area contributed by atoms with Crippen molar-refractivity contribution in [2.24, 2.45) is 5.73 Å². The first kappa shape index (κ1) is 10.8. The van der Waals surface area contributed by atoms with Crippen molar-refractivity contribution in [1.82, 2.24) is 10.2 Å². The van der Waals surface area contributed by atoms with Crippen LogP contribution in [0.15, 0.2) is 4.42 Å². The predicted octanol–water partition coefficient (Wildman–Crippen LogP) is 0.858. The van der Waals surface area contributed by atoms with Crippen molar-refractivity contribution in [3.8, 4) is 0 Å². The molecule has 1 fully saturated rings. The van der Waals surface area contributed by atoms with Crippen LogP contribution in [0, 0.1) is 0 Å². The third-order valence-electron chi connectivity index (χ3n) is 2.76. The van der Waals surface area contributed by atoms with E-state index in [0.29, 0.717) is 29.7 Å². The molecule has 5 nitrogen and oxygen atoms in total. The lowest BCUT2D eigenvalue weighted by molar-refractivity contribution is 0.466. The van der Waals surface area contributed by atoms with Gasteiger partial charge < -0.3 is 15.1 Å². The topological polar surface area (TPSA) is 68.2 Å². The molecule has 0 spiro atoms. The highest BCUT2D eigenvalue weighted by Crippen LogP contribution is 2.27. The van der Waals surface area contributed by atoms with Crippen LogP contribution in [0.3, 0.4) is 0 Å². The zero-order valence-corrected chi connectivity index (χ0v) is 9.83. The Kier molecular flexibility index (Phi) is 3.16. The zero-order valence-electron chi connectivity index (χ0n) is 9.01. The second-order valence-electron chi connectivity index (χ2n) is 3.69. The van der Waals surface area contributed by atoms with E-state index in [9.17, 15) is 0 Å². The van der Waals surface area contributed by atoms with Crippen molar-refractivity contribution in [3.05, 3.63) is 5.89 Å². The summed E-state index contributed by atoms with van der Waals surface area (Å²) in [6.45, 7) is 5.67. The normalized spacial score (nSPS) is 27.0. The van der Waals surface area contributed by atoms with E-state index in [1.54, 1.807) is 0 Å². The Labute approximate surface area is 93.4 Å². The Morgan fingerprint density at radius 3 is 3.00 bits per heavy atom. The lowest BCUT2D eigenvalue weighted by Gasteiger charge is -2.35. The first-order valence-corrected chi connectivity index (χ1v) is 6.18. The summed E-state index contributed by atoms with van der Waals surface area (Å²) in [5, 5.41) is 8.48. The quantitative estimate of drug-likeness (QED) is 0.809. The predicted molar refractivity (Wildman–Crippen MR) is 60.9 cm³/mol. The third-order valence-corrected chi connectivity index (χ3v) is 4.10. The van der Waals surface area contributed by atoms with Gasteiger partial charge in [-0.1, -0.05) is 12.0 Å². The summed E-state index contributed by atoms with van der Waals surface area (Å²) in [7, 11) is 0. The Morgan fingerprint density at radius 2 is 2.33 bits per heavy atom. The maximum Gasteiger partial charge on any atom is 0.318 e. The van der Waals surface area contributed by atoms with Gasteiger partial charge in [0.15, 0.2) is 0 Å². The first-order valence-electron chi connectivity index (χ1n) is 5.13. The molecular formula is C9H16N4OS. The van der Waals surface area contributed by atoms with Gasteiger partial charge in [0.2, 0.25) is 5.89 Å². The van der Waals surface area contributed by atoms with Gasteiger partial charge in [-0.25, -0.2) is 0 Å². The van der Waals surface area contributed by atoms with E-state index in [-0.39, 0.29) is 0 Å². The van der Waals surface area contributed by atoms with E-state index in [1.807, 2.05) is 11.8 Å². The molecule has 2 N–H and O–H groups in total. The summed E-state index contributed by atoms with van der Waals surface area (Å²) < 4.78 is 5.46. The average Bonchev–Trinajstić information content (AvgIpc) is 2.70. The van der Waals surface area contributed by atoms with Crippen LogP contribution in [-0.2, 0) is 6.54 Å². The molecule has 2 heterocycles. The monoisotopic (exact) mass is 228 g/mol. The van der Waals surface area contributed by atoms with Crippen LogP contribution < -0.4 is 10.6 Å². The molecule has 1 aromatic rings. The van der Waals surface area contributed by atoms with Crippen LogP contribution in [0.4, 0.5) is 6.01 Å². The SMILES string of the molecule is CC1SCCN(c2nnc(CN)o2)C1C. The van der Waals surface area contributed by atoms with Crippen molar-refractivity contribution in [3.63, 3.8) is 0 Å². The number of rotatable bonds is 2. The van der Waals surface area contributed by atoms with Gasteiger partial charge in [-0.15, -0.1) is 5.10 Å². The minimum absolute atomic E-state index is 0.305. The summed E-state index contributed by atoms with van der Waals surface area (Å²) in [4.78, 5) is 2.16. The number of hydrogen-bond acceptors (Lipinski definition) is 6. The molecule has 15 heavy (non-hydrogen) atoms. The molecule has 0 aromatic carbocycles. The molecule has 0 aliphatic carbocycles. The molecule has 1 saturated heterocycles. The molecule has 0 saturated carbocycles. The highest BCUT2D eigenvalue weighted by atomic mass is 32.2. The molecule has 2 atom stereocenters. The molecule has 1 aliphatic rings. The standard InChI is InChI=1S/C9H16N4OS/c1-6-7(2)15-4-3-13(6)9-12-11-8(5-10)14-9/h6-7H,3-5,10H2,1-2H3. The van der Waals surface area contributed by atoms with Crippen molar-refractivity contribution >= 4 is 17.8 Å². The lowest BCUT2D eigenvalue weighted by atomic mass is 10.2. The van der Waals surface area contributed by atoms with Gasteiger partial charge in [0.05, 0.1) is 6.54 Å². The highest BCUT2D eigenvalue weighted by molar-refractivity contribution is 8.00. The largest absolute Gasteiger partial charge is 0.407 e. The van der Waals surface area contributed by atoms with Crippen molar-refractivity contribution in [2.45, 2.75) is 31.7 Å². The fourth-order valence-corrected chi connectivity index (χ4v) is 2.75. The minimum atomic E-state index is 0.305. The van der Waals surface area contributed by atoms with Crippen molar-refractivity contribution in [1.29, 1.82) is 0 Å². The molecule has 2 rings (SSSR count). The van der Waals surface area contributed by atoms with Crippen LogP contribution in [0.25, 0.3) is 0 Å². The van der Waals surface area contributed by atoms with E-state index in [2.05, 4.69) is 28.9 Å². The second kappa shape index (κ2) is 4.40. The summed E-state index contributed by atoms with van der Waals surface area (Å²) in [5.41, 5.74) is 5.44. The summed E-state index contributed by atoms with van der Waals surface area (Å²) in [6.07, 6.45) is 0. The maximum absolute atomic E-state index is 5.46.